The molecule has 4 heterocycles. The van der Waals surface area contributed by atoms with Crippen molar-refractivity contribution in [3.63, 3.8) is 0 Å². The van der Waals surface area contributed by atoms with Crippen molar-refractivity contribution in [1.29, 1.82) is 0 Å². The van der Waals surface area contributed by atoms with Crippen LogP contribution >= 0.6 is 0 Å². The van der Waals surface area contributed by atoms with Crippen LogP contribution in [-0.2, 0) is 7.05 Å². The summed E-state index contributed by atoms with van der Waals surface area (Å²) in [5.74, 6) is 1.61. The van der Waals surface area contributed by atoms with E-state index in [0.717, 1.165) is 24.2 Å². The first-order valence-corrected chi connectivity index (χ1v) is 9.75. The summed E-state index contributed by atoms with van der Waals surface area (Å²) >= 11 is 0. The molecular formula is C20H25N7O2. The van der Waals surface area contributed by atoms with Gasteiger partial charge in [0, 0.05) is 38.1 Å². The van der Waals surface area contributed by atoms with Gasteiger partial charge >= 0.3 is 0 Å². The number of imidazole rings is 1. The van der Waals surface area contributed by atoms with E-state index in [9.17, 15) is 4.79 Å². The summed E-state index contributed by atoms with van der Waals surface area (Å²) in [5.41, 5.74) is 2.45. The third-order valence-corrected chi connectivity index (χ3v) is 5.15. The summed E-state index contributed by atoms with van der Waals surface area (Å²) in [4.78, 5) is 27.0. The number of ether oxygens (including phenoxy) is 1. The fraction of sp³-hybridized carbons (Fsp3) is 0.450. The topological polar surface area (TPSA) is 91.0 Å². The molecule has 1 aliphatic rings. The molecule has 1 amide bonds. The maximum Gasteiger partial charge on any atom is 0.274 e. The summed E-state index contributed by atoms with van der Waals surface area (Å²) in [5, 5.41) is 4.45. The van der Waals surface area contributed by atoms with Crippen molar-refractivity contribution in [1.82, 2.24) is 34.2 Å². The lowest BCUT2D eigenvalue weighted by Gasteiger charge is -2.31. The Balaban J connectivity index is 1.31. The van der Waals surface area contributed by atoms with Crippen LogP contribution in [-0.4, -0.2) is 59.8 Å². The number of carbonyl (C=O) groups excluding carboxylic acids is 1. The van der Waals surface area contributed by atoms with Crippen molar-refractivity contribution in [3.05, 3.63) is 48.1 Å². The summed E-state index contributed by atoms with van der Waals surface area (Å²) in [6.45, 7) is 5.93. The zero-order valence-electron chi connectivity index (χ0n) is 16.9. The van der Waals surface area contributed by atoms with Crippen LogP contribution in [0.1, 0.15) is 34.7 Å². The molecule has 29 heavy (non-hydrogen) atoms. The molecular weight excluding hydrogens is 370 g/mol. The van der Waals surface area contributed by atoms with Crippen molar-refractivity contribution in [3.8, 4) is 11.7 Å². The summed E-state index contributed by atoms with van der Waals surface area (Å²) in [6, 6.07) is 3.81. The summed E-state index contributed by atoms with van der Waals surface area (Å²) in [6.07, 6.45) is 6.69. The lowest BCUT2D eigenvalue weighted by molar-refractivity contribution is 0.0654. The molecule has 0 atom stereocenters. The predicted octanol–water partition coefficient (Wildman–Crippen LogP) is 1.94. The maximum absolute atomic E-state index is 12.5. The molecule has 1 saturated heterocycles. The Morgan fingerprint density at radius 2 is 1.97 bits per heavy atom. The van der Waals surface area contributed by atoms with Crippen LogP contribution in [0, 0.1) is 19.8 Å². The van der Waals surface area contributed by atoms with Crippen LogP contribution in [0.25, 0.3) is 5.82 Å². The monoisotopic (exact) mass is 395 g/mol. The van der Waals surface area contributed by atoms with E-state index in [2.05, 4.69) is 20.1 Å². The number of aryl methyl sites for hydroxylation is 3. The largest absolute Gasteiger partial charge is 0.477 e. The second-order valence-corrected chi connectivity index (χ2v) is 7.52. The number of rotatable bonds is 5. The van der Waals surface area contributed by atoms with Crippen LogP contribution in [0.15, 0.2) is 31.0 Å². The molecule has 4 rings (SSSR count). The third-order valence-electron chi connectivity index (χ3n) is 5.15. The van der Waals surface area contributed by atoms with E-state index >= 15 is 0 Å². The fourth-order valence-corrected chi connectivity index (χ4v) is 3.58. The maximum atomic E-state index is 12.5. The van der Waals surface area contributed by atoms with Crippen molar-refractivity contribution in [2.24, 2.45) is 13.0 Å². The van der Waals surface area contributed by atoms with Gasteiger partial charge in [-0.25, -0.2) is 19.6 Å². The first kappa shape index (κ1) is 19.1. The second kappa shape index (κ2) is 8.02. The zero-order chi connectivity index (χ0) is 20.4. The van der Waals surface area contributed by atoms with Gasteiger partial charge in [-0.2, -0.15) is 5.10 Å². The Hall–Kier alpha value is -3.23. The van der Waals surface area contributed by atoms with Crippen molar-refractivity contribution in [2.75, 3.05) is 19.7 Å². The van der Waals surface area contributed by atoms with Crippen LogP contribution in [0.5, 0.6) is 5.88 Å². The molecule has 3 aromatic rings. The fourth-order valence-electron chi connectivity index (χ4n) is 3.58. The lowest BCUT2D eigenvalue weighted by Crippen LogP contribution is -2.39. The quantitative estimate of drug-likeness (QED) is 0.656. The zero-order valence-corrected chi connectivity index (χ0v) is 16.9. The van der Waals surface area contributed by atoms with E-state index < -0.39 is 0 Å². The number of piperidine rings is 1. The van der Waals surface area contributed by atoms with E-state index in [4.69, 9.17) is 4.74 Å². The van der Waals surface area contributed by atoms with Gasteiger partial charge in [0.2, 0.25) is 5.88 Å². The Morgan fingerprint density at radius 1 is 1.17 bits per heavy atom. The van der Waals surface area contributed by atoms with Crippen LogP contribution in [0.4, 0.5) is 0 Å². The van der Waals surface area contributed by atoms with Gasteiger partial charge in [0.1, 0.15) is 12.0 Å². The molecule has 3 aromatic heterocycles. The second-order valence-electron chi connectivity index (χ2n) is 7.52. The number of nitrogens with zero attached hydrogens (tertiary/aromatic N) is 7. The minimum absolute atomic E-state index is 0.00436. The highest BCUT2D eigenvalue weighted by atomic mass is 16.5. The van der Waals surface area contributed by atoms with Gasteiger partial charge in [0.25, 0.3) is 5.91 Å². The molecule has 0 radical (unpaired) electrons. The molecule has 0 N–H and O–H groups in total. The summed E-state index contributed by atoms with van der Waals surface area (Å²) in [7, 11) is 1.86. The van der Waals surface area contributed by atoms with E-state index in [1.165, 1.54) is 6.33 Å². The standard InChI is InChI=1S/C20H25N7O2/c1-14-8-15(2)27(24-14)18-9-19(22-12-21-18)29-11-16-4-6-26(7-5-16)20(28)17-10-25(3)13-23-17/h8-10,12-13,16H,4-7,11H2,1-3H3. The normalized spacial score (nSPS) is 14.9. The van der Waals surface area contributed by atoms with Crippen molar-refractivity contribution in [2.45, 2.75) is 26.7 Å². The number of amides is 1. The van der Waals surface area contributed by atoms with Gasteiger partial charge < -0.3 is 14.2 Å². The Bertz CT molecular complexity index is 1000. The molecule has 152 valence electrons. The molecule has 0 unspecified atom stereocenters. The molecule has 0 aliphatic carbocycles. The lowest BCUT2D eigenvalue weighted by atomic mass is 9.97. The SMILES string of the molecule is Cc1cc(C)n(-c2cc(OCC3CCN(C(=O)c4cn(C)cn4)CC3)ncn2)n1. The molecule has 0 saturated carbocycles. The average molecular weight is 395 g/mol. The Kier molecular flexibility index (Phi) is 5.28. The highest BCUT2D eigenvalue weighted by Gasteiger charge is 2.25. The highest BCUT2D eigenvalue weighted by Crippen LogP contribution is 2.21. The number of hydrogen-bond donors (Lipinski definition) is 0. The molecule has 9 heteroatoms. The minimum atomic E-state index is -0.00436. The number of carbonyl (C=O) groups is 1. The van der Waals surface area contributed by atoms with Crippen molar-refractivity contribution < 1.29 is 9.53 Å². The number of likely N-dealkylation sites (tertiary alicyclic amines) is 1. The van der Waals surface area contributed by atoms with Crippen LogP contribution in [0.2, 0.25) is 0 Å². The van der Waals surface area contributed by atoms with Gasteiger partial charge in [-0.3, -0.25) is 4.79 Å². The third kappa shape index (κ3) is 4.28. The highest BCUT2D eigenvalue weighted by molar-refractivity contribution is 5.92. The van der Waals surface area contributed by atoms with Gasteiger partial charge in [0.05, 0.1) is 18.6 Å². The molecule has 1 aliphatic heterocycles. The van der Waals surface area contributed by atoms with Crippen molar-refractivity contribution >= 4 is 5.91 Å². The molecule has 0 bridgehead atoms. The van der Waals surface area contributed by atoms with Gasteiger partial charge in [-0.15, -0.1) is 0 Å². The Labute approximate surface area is 169 Å². The van der Waals surface area contributed by atoms with E-state index in [0.29, 0.717) is 43.0 Å². The van der Waals surface area contributed by atoms with Gasteiger partial charge in [0.15, 0.2) is 5.82 Å². The predicted molar refractivity (Wildman–Crippen MR) is 106 cm³/mol. The molecule has 9 nitrogen and oxygen atoms in total. The van der Waals surface area contributed by atoms with E-state index in [1.54, 1.807) is 27.8 Å². The molecule has 0 spiro atoms. The number of hydrogen-bond acceptors (Lipinski definition) is 6. The van der Waals surface area contributed by atoms with Crippen LogP contribution in [0.3, 0.4) is 0 Å². The van der Waals surface area contributed by atoms with Crippen LogP contribution < -0.4 is 4.74 Å². The number of aromatic nitrogens is 6. The Morgan fingerprint density at radius 3 is 2.62 bits per heavy atom. The first-order valence-electron chi connectivity index (χ1n) is 9.75. The van der Waals surface area contributed by atoms with Gasteiger partial charge in [-0.05, 0) is 38.7 Å². The van der Waals surface area contributed by atoms with Gasteiger partial charge in [-0.1, -0.05) is 0 Å². The minimum Gasteiger partial charge on any atom is -0.477 e. The molecule has 0 aromatic carbocycles. The summed E-state index contributed by atoms with van der Waals surface area (Å²) < 4.78 is 9.50. The first-order chi connectivity index (χ1) is 14.0. The molecule has 1 fully saturated rings. The van der Waals surface area contributed by atoms with E-state index in [1.807, 2.05) is 31.9 Å². The van der Waals surface area contributed by atoms with E-state index in [-0.39, 0.29) is 5.91 Å². The smallest absolute Gasteiger partial charge is 0.274 e. The average Bonchev–Trinajstić information content (AvgIpc) is 3.31.